The first-order valence-corrected chi connectivity index (χ1v) is 12.3. The molecule has 3 unspecified atom stereocenters. The van der Waals surface area contributed by atoms with Gasteiger partial charge in [-0.05, 0) is 97.7 Å². The first kappa shape index (κ1) is 22.5. The number of hydrogen-bond acceptors (Lipinski definition) is 4. The number of carboxylic acid groups (broad SMARTS) is 1. The van der Waals surface area contributed by atoms with Crippen LogP contribution in [0.4, 0.5) is 0 Å². The highest BCUT2D eigenvalue weighted by Crippen LogP contribution is 2.68. The zero-order valence-electron chi connectivity index (χ0n) is 19.1. The van der Waals surface area contributed by atoms with Gasteiger partial charge < -0.3 is 20.4 Å². The maximum atomic E-state index is 11.5. The number of aliphatic hydroxyl groups is 3. The number of rotatable bonds is 4. The molecule has 0 bridgehead atoms. The van der Waals surface area contributed by atoms with Gasteiger partial charge in [-0.2, -0.15) is 0 Å². The number of aliphatic hydroxyl groups excluding tert-OH is 3. The van der Waals surface area contributed by atoms with Gasteiger partial charge in [0.15, 0.2) is 0 Å². The van der Waals surface area contributed by atoms with Crippen LogP contribution in [0.25, 0.3) is 0 Å². The molecule has 0 aromatic heterocycles. The quantitative estimate of drug-likeness (QED) is 0.554. The van der Waals surface area contributed by atoms with Crippen LogP contribution in [-0.2, 0) is 4.79 Å². The van der Waals surface area contributed by atoms with E-state index < -0.39 is 12.1 Å². The number of carbonyl (C=O) groups is 1. The Bertz CT molecular complexity index is 666. The Morgan fingerprint density at radius 3 is 2.37 bits per heavy atom. The molecule has 4 rings (SSSR count). The average Bonchev–Trinajstić information content (AvgIpc) is 3.02. The van der Waals surface area contributed by atoms with E-state index in [1.807, 2.05) is 0 Å². The maximum Gasteiger partial charge on any atom is 0.306 e. The third-order valence-corrected chi connectivity index (χ3v) is 10.7. The highest BCUT2D eigenvalue weighted by atomic mass is 16.4. The predicted molar refractivity (Wildman–Crippen MR) is 115 cm³/mol. The minimum absolute atomic E-state index is 0.0902. The molecule has 4 aliphatic rings. The molecule has 5 nitrogen and oxygen atoms in total. The molecule has 0 amide bonds. The number of aliphatic carboxylic acids is 1. The van der Waals surface area contributed by atoms with Crippen LogP contribution in [0.5, 0.6) is 0 Å². The summed E-state index contributed by atoms with van der Waals surface area (Å²) in [6.07, 6.45) is 5.75. The summed E-state index contributed by atoms with van der Waals surface area (Å²) in [5, 5.41) is 42.4. The summed E-state index contributed by atoms with van der Waals surface area (Å²) < 4.78 is 0. The van der Waals surface area contributed by atoms with Gasteiger partial charge in [0.1, 0.15) is 0 Å². The van der Waals surface area contributed by atoms with Crippen molar-refractivity contribution in [1.82, 2.24) is 0 Å². The molecule has 12 atom stereocenters. The highest BCUT2D eigenvalue weighted by Gasteiger charge is 2.65. The lowest BCUT2D eigenvalue weighted by Gasteiger charge is -2.63. The van der Waals surface area contributed by atoms with Gasteiger partial charge >= 0.3 is 5.97 Å². The van der Waals surface area contributed by atoms with Crippen LogP contribution < -0.4 is 0 Å². The van der Waals surface area contributed by atoms with Gasteiger partial charge in [-0.15, -0.1) is 0 Å². The van der Waals surface area contributed by atoms with Crippen LogP contribution in [0.3, 0.4) is 0 Å². The molecule has 0 heterocycles. The Hall–Kier alpha value is -0.650. The molecule has 30 heavy (non-hydrogen) atoms. The second-order valence-electron chi connectivity index (χ2n) is 12.0. The summed E-state index contributed by atoms with van der Waals surface area (Å²) in [5.41, 5.74) is -0.163. The lowest BCUT2D eigenvalue weighted by Crippen LogP contribution is -2.62. The van der Waals surface area contributed by atoms with Crippen LogP contribution in [-0.4, -0.2) is 44.7 Å². The summed E-state index contributed by atoms with van der Waals surface area (Å²) in [5.74, 6) is 0.567. The molecule has 0 saturated heterocycles. The second kappa shape index (κ2) is 7.74. The van der Waals surface area contributed by atoms with Crippen molar-refractivity contribution in [2.45, 2.75) is 97.4 Å². The van der Waals surface area contributed by atoms with Crippen LogP contribution in [0.1, 0.15) is 79.1 Å². The maximum absolute atomic E-state index is 11.5. The van der Waals surface area contributed by atoms with E-state index in [9.17, 15) is 25.2 Å². The SMILES string of the molecule is C[C@H](C[C@H](C)C(=O)O)[C@H]1CCC2C3C(C[C@H](O)[C@@]21C)[C@@]1(C)CC[C@@H](O)C[C@H]1C[C@H]3O. The minimum Gasteiger partial charge on any atom is -0.481 e. The second-order valence-corrected chi connectivity index (χ2v) is 12.0. The summed E-state index contributed by atoms with van der Waals surface area (Å²) in [7, 11) is 0. The largest absolute Gasteiger partial charge is 0.481 e. The van der Waals surface area contributed by atoms with E-state index in [2.05, 4.69) is 20.8 Å². The zero-order valence-corrected chi connectivity index (χ0v) is 19.1. The van der Waals surface area contributed by atoms with Crippen molar-refractivity contribution in [3.05, 3.63) is 0 Å². The molecule has 0 aromatic carbocycles. The van der Waals surface area contributed by atoms with Gasteiger partial charge in [0.25, 0.3) is 0 Å². The molecule has 0 radical (unpaired) electrons. The first-order chi connectivity index (χ1) is 14.0. The normalized spacial score (nSPS) is 52.6. The number of fused-ring (bicyclic) bond motifs is 5. The van der Waals surface area contributed by atoms with Crippen LogP contribution in [0, 0.1) is 52.3 Å². The summed E-state index contributed by atoms with van der Waals surface area (Å²) in [6.45, 7) is 8.52. The molecular weight excluding hydrogens is 380 g/mol. The summed E-state index contributed by atoms with van der Waals surface area (Å²) in [4.78, 5) is 11.4. The van der Waals surface area contributed by atoms with Crippen molar-refractivity contribution in [2.24, 2.45) is 52.3 Å². The van der Waals surface area contributed by atoms with E-state index in [1.165, 1.54) is 0 Å². The van der Waals surface area contributed by atoms with Crippen molar-refractivity contribution in [3.63, 3.8) is 0 Å². The lowest BCUT2D eigenvalue weighted by molar-refractivity contribution is -0.207. The van der Waals surface area contributed by atoms with Gasteiger partial charge in [-0.1, -0.05) is 27.7 Å². The smallest absolute Gasteiger partial charge is 0.306 e. The van der Waals surface area contributed by atoms with Crippen LogP contribution in [0.15, 0.2) is 0 Å². The van der Waals surface area contributed by atoms with Crippen LogP contribution >= 0.6 is 0 Å². The summed E-state index contributed by atoms with van der Waals surface area (Å²) in [6, 6.07) is 0. The van der Waals surface area contributed by atoms with E-state index in [4.69, 9.17) is 0 Å². The molecular formula is C25H42O5. The van der Waals surface area contributed by atoms with E-state index in [-0.39, 0.29) is 40.8 Å². The first-order valence-electron chi connectivity index (χ1n) is 12.3. The third-order valence-electron chi connectivity index (χ3n) is 10.7. The number of hydrogen-bond donors (Lipinski definition) is 4. The van der Waals surface area contributed by atoms with E-state index in [0.29, 0.717) is 30.1 Å². The monoisotopic (exact) mass is 422 g/mol. The van der Waals surface area contributed by atoms with Gasteiger partial charge in [0, 0.05) is 0 Å². The topological polar surface area (TPSA) is 98.0 Å². The Balaban J connectivity index is 1.61. The van der Waals surface area contributed by atoms with E-state index >= 15 is 0 Å². The highest BCUT2D eigenvalue weighted by molar-refractivity contribution is 5.69. The van der Waals surface area contributed by atoms with Crippen molar-refractivity contribution in [3.8, 4) is 0 Å². The molecule has 4 fully saturated rings. The van der Waals surface area contributed by atoms with Crippen molar-refractivity contribution < 1.29 is 25.2 Å². The molecule has 4 saturated carbocycles. The standard InChI is InChI=1S/C25H42O5/c1-13(9-14(2)23(29)30)17-5-6-18-22-19(12-21(28)25(17,18)4)24(3)8-7-16(26)10-15(24)11-20(22)27/h13-22,26-28H,5-12H2,1-4H3,(H,29,30)/t13-,14+,15+,16-,17-,18?,19?,20-,21+,22?,24+,25-/m1/s1. The van der Waals surface area contributed by atoms with E-state index in [0.717, 1.165) is 44.9 Å². The third kappa shape index (κ3) is 3.26. The van der Waals surface area contributed by atoms with Gasteiger partial charge in [0.05, 0.1) is 24.2 Å². The van der Waals surface area contributed by atoms with Crippen molar-refractivity contribution in [1.29, 1.82) is 0 Å². The predicted octanol–water partition coefficient (Wildman–Crippen LogP) is 3.69. The fraction of sp³-hybridized carbons (Fsp3) is 0.960. The molecule has 4 N–H and O–H groups in total. The Morgan fingerprint density at radius 2 is 1.70 bits per heavy atom. The Kier molecular flexibility index (Phi) is 5.81. The van der Waals surface area contributed by atoms with Crippen molar-refractivity contribution in [2.75, 3.05) is 0 Å². The van der Waals surface area contributed by atoms with Gasteiger partial charge in [-0.3, -0.25) is 4.79 Å². The molecule has 172 valence electrons. The molecule has 0 spiro atoms. The summed E-state index contributed by atoms with van der Waals surface area (Å²) >= 11 is 0. The molecule has 0 aliphatic heterocycles. The molecule has 5 heteroatoms. The fourth-order valence-corrected chi connectivity index (χ4v) is 8.95. The van der Waals surface area contributed by atoms with E-state index in [1.54, 1.807) is 6.92 Å². The minimum atomic E-state index is -0.744. The van der Waals surface area contributed by atoms with Gasteiger partial charge in [-0.25, -0.2) is 0 Å². The number of carboxylic acids is 1. The molecule has 0 aromatic rings. The van der Waals surface area contributed by atoms with Gasteiger partial charge in [0.2, 0.25) is 0 Å². The van der Waals surface area contributed by atoms with Crippen molar-refractivity contribution >= 4 is 5.97 Å². The zero-order chi connectivity index (χ0) is 22.0. The Morgan fingerprint density at radius 1 is 1.00 bits per heavy atom. The Labute approximate surface area is 181 Å². The lowest BCUT2D eigenvalue weighted by atomic mass is 9.43. The van der Waals surface area contributed by atoms with Crippen LogP contribution in [0.2, 0.25) is 0 Å². The fourth-order valence-electron chi connectivity index (χ4n) is 8.95. The molecule has 4 aliphatic carbocycles. The average molecular weight is 423 g/mol.